The third-order valence-electron chi connectivity index (χ3n) is 7.93. The minimum atomic E-state index is -0.556. The van der Waals surface area contributed by atoms with Gasteiger partial charge < -0.3 is 10.4 Å². The second-order valence-electron chi connectivity index (χ2n) is 10.0. The number of aromatic nitrogens is 7. The van der Waals surface area contributed by atoms with Crippen LogP contribution in [-0.4, -0.2) is 44.4 Å². The molecule has 0 amide bonds. The van der Waals surface area contributed by atoms with Crippen LogP contribution in [-0.2, 0) is 7.05 Å². The monoisotopic (exact) mass is 466 g/mol. The van der Waals surface area contributed by atoms with Gasteiger partial charge >= 0.3 is 5.69 Å². The minimum Gasteiger partial charge on any atom is -0.390 e. The highest BCUT2D eigenvalue weighted by Crippen LogP contribution is 2.59. The van der Waals surface area contributed by atoms with E-state index in [0.717, 1.165) is 32.1 Å². The van der Waals surface area contributed by atoms with Gasteiger partial charge in [-0.2, -0.15) is 10.1 Å². The molecule has 0 spiro atoms. The lowest BCUT2D eigenvalue weighted by Gasteiger charge is -2.58. The van der Waals surface area contributed by atoms with E-state index in [2.05, 4.69) is 20.4 Å². The third kappa shape index (κ3) is 2.80. The minimum absolute atomic E-state index is 0.0517. The average Bonchev–Trinajstić information content (AvgIpc) is 3.30. The molecule has 4 fully saturated rings. The Morgan fingerprint density at radius 3 is 2.76 bits per heavy atom. The van der Waals surface area contributed by atoms with E-state index in [0.29, 0.717) is 51.2 Å². The third-order valence-corrected chi connectivity index (χ3v) is 8.25. The van der Waals surface area contributed by atoms with Gasteiger partial charge in [0.25, 0.3) is 0 Å². The van der Waals surface area contributed by atoms with E-state index in [-0.39, 0.29) is 11.7 Å². The first kappa shape index (κ1) is 19.5. The molecule has 4 bridgehead atoms. The molecule has 4 saturated carbocycles. The van der Waals surface area contributed by atoms with Crippen LogP contribution in [0.25, 0.3) is 16.8 Å². The fourth-order valence-electron chi connectivity index (χ4n) is 6.89. The number of nitrogens with one attached hydrogen (secondary N) is 1. The van der Waals surface area contributed by atoms with Crippen molar-refractivity contribution in [3.05, 3.63) is 40.3 Å². The second kappa shape index (κ2) is 6.54. The Morgan fingerprint density at radius 1 is 1.21 bits per heavy atom. The van der Waals surface area contributed by atoms with E-state index in [1.165, 1.54) is 6.33 Å². The maximum absolute atomic E-state index is 13.4. The van der Waals surface area contributed by atoms with Gasteiger partial charge in [0.05, 0.1) is 28.7 Å². The molecule has 2 N–H and O–H groups in total. The van der Waals surface area contributed by atoms with E-state index < -0.39 is 5.60 Å². The summed E-state index contributed by atoms with van der Waals surface area (Å²) in [6, 6.07) is 1.77. The molecular formula is C22H23ClN8O2. The number of aliphatic hydroxyl groups is 1. The maximum Gasteiger partial charge on any atom is 0.330 e. The first-order valence-electron chi connectivity index (χ1n) is 11.3. The van der Waals surface area contributed by atoms with Crippen LogP contribution >= 0.6 is 11.6 Å². The zero-order chi connectivity index (χ0) is 22.5. The summed E-state index contributed by atoms with van der Waals surface area (Å²) >= 11 is 6.42. The van der Waals surface area contributed by atoms with Crippen LogP contribution in [0, 0.1) is 17.8 Å². The number of halogens is 1. The van der Waals surface area contributed by atoms with Crippen LogP contribution in [0.4, 0.5) is 11.6 Å². The van der Waals surface area contributed by atoms with Crippen molar-refractivity contribution in [2.75, 3.05) is 5.32 Å². The molecule has 0 aromatic carbocycles. The molecule has 4 aromatic heterocycles. The van der Waals surface area contributed by atoms with Crippen molar-refractivity contribution in [1.29, 1.82) is 0 Å². The normalized spacial score (nSPS) is 30.5. The maximum atomic E-state index is 13.4. The number of aryl methyl sites for hydroxylation is 1. The van der Waals surface area contributed by atoms with E-state index in [4.69, 9.17) is 16.6 Å². The number of hydrogen-bond donors (Lipinski definition) is 2. The SMILES string of the molecule is Cn1c(=O)n(C2C3CC4CC2CC(O)(C4)C3)c2nc(Nc3cn4ncnc4cc3Cl)ncc21. The molecule has 4 aliphatic carbocycles. The van der Waals surface area contributed by atoms with Gasteiger partial charge in [0.15, 0.2) is 11.3 Å². The van der Waals surface area contributed by atoms with Crippen LogP contribution in [0.5, 0.6) is 0 Å². The molecule has 10 nitrogen and oxygen atoms in total. The van der Waals surface area contributed by atoms with Crippen molar-refractivity contribution in [1.82, 2.24) is 33.7 Å². The highest BCUT2D eigenvalue weighted by atomic mass is 35.5. The van der Waals surface area contributed by atoms with Crippen molar-refractivity contribution < 1.29 is 5.11 Å². The zero-order valence-corrected chi connectivity index (χ0v) is 18.8. The molecule has 170 valence electrons. The molecule has 4 heterocycles. The number of pyridine rings is 1. The predicted octanol–water partition coefficient (Wildman–Crippen LogP) is 2.68. The second-order valence-corrected chi connectivity index (χ2v) is 10.4. The molecule has 8 rings (SSSR count). The summed E-state index contributed by atoms with van der Waals surface area (Å²) in [5.74, 6) is 1.50. The molecule has 11 heteroatoms. The van der Waals surface area contributed by atoms with Crippen LogP contribution < -0.4 is 11.0 Å². The predicted molar refractivity (Wildman–Crippen MR) is 122 cm³/mol. The summed E-state index contributed by atoms with van der Waals surface area (Å²) in [5, 5.41) is 18.8. The van der Waals surface area contributed by atoms with Gasteiger partial charge in [0.1, 0.15) is 11.8 Å². The van der Waals surface area contributed by atoms with Crippen LogP contribution in [0.2, 0.25) is 5.02 Å². The Morgan fingerprint density at radius 2 is 2.00 bits per heavy atom. The number of anilines is 2. The Balaban J connectivity index is 1.32. The number of nitrogens with zero attached hydrogens (tertiary/aromatic N) is 7. The molecular weight excluding hydrogens is 444 g/mol. The first-order chi connectivity index (χ1) is 15.9. The van der Waals surface area contributed by atoms with Gasteiger partial charge in [0.2, 0.25) is 5.95 Å². The number of hydrogen-bond acceptors (Lipinski definition) is 7. The number of imidazole rings is 1. The Hall–Kier alpha value is -2.98. The Labute approximate surface area is 193 Å². The summed E-state index contributed by atoms with van der Waals surface area (Å²) in [4.78, 5) is 26.7. The van der Waals surface area contributed by atoms with E-state index in [9.17, 15) is 9.90 Å². The largest absolute Gasteiger partial charge is 0.390 e. The fraction of sp³-hybridized carbons (Fsp3) is 0.500. The molecule has 4 aromatic rings. The fourth-order valence-corrected chi connectivity index (χ4v) is 7.08. The average molecular weight is 467 g/mol. The number of fused-ring (bicyclic) bond motifs is 2. The summed E-state index contributed by atoms with van der Waals surface area (Å²) < 4.78 is 5.10. The summed E-state index contributed by atoms with van der Waals surface area (Å²) in [7, 11) is 1.76. The lowest BCUT2D eigenvalue weighted by Crippen LogP contribution is -2.56. The Kier molecular flexibility index (Phi) is 3.86. The lowest BCUT2D eigenvalue weighted by molar-refractivity contribution is -0.146. The standard InChI is InChI=1S/C22H23ClN8O2/c1-29-16-8-24-20(27-15-9-30-17(4-14(15)23)25-10-26-30)28-19(16)31(21(29)32)18-12-2-11-3-13(18)7-22(33,5-11)6-12/h4,8-13,18,33H,2-3,5-7H2,1H3,(H,24,27,28). The summed E-state index contributed by atoms with van der Waals surface area (Å²) in [6.45, 7) is 0. The zero-order valence-electron chi connectivity index (χ0n) is 18.0. The van der Waals surface area contributed by atoms with Crippen LogP contribution in [0.3, 0.4) is 0 Å². The van der Waals surface area contributed by atoms with Crippen molar-refractivity contribution in [3.8, 4) is 0 Å². The Bertz CT molecular complexity index is 1470. The van der Waals surface area contributed by atoms with Crippen molar-refractivity contribution in [2.24, 2.45) is 24.8 Å². The highest BCUT2D eigenvalue weighted by Gasteiger charge is 2.56. The quantitative estimate of drug-likeness (QED) is 0.477. The smallest absolute Gasteiger partial charge is 0.330 e. The lowest BCUT2D eigenvalue weighted by atomic mass is 9.52. The molecule has 0 saturated heterocycles. The van der Waals surface area contributed by atoms with Gasteiger partial charge in [-0.1, -0.05) is 11.6 Å². The van der Waals surface area contributed by atoms with Crippen LogP contribution in [0.15, 0.2) is 29.6 Å². The highest BCUT2D eigenvalue weighted by molar-refractivity contribution is 6.33. The van der Waals surface area contributed by atoms with Crippen molar-refractivity contribution in [2.45, 2.75) is 43.7 Å². The van der Waals surface area contributed by atoms with Crippen molar-refractivity contribution in [3.63, 3.8) is 0 Å². The molecule has 0 radical (unpaired) electrons. The van der Waals surface area contributed by atoms with Gasteiger partial charge in [-0.15, -0.1) is 0 Å². The molecule has 4 aliphatic rings. The first-order valence-corrected chi connectivity index (χ1v) is 11.7. The van der Waals surface area contributed by atoms with Gasteiger partial charge in [0, 0.05) is 19.2 Å². The molecule has 0 aliphatic heterocycles. The molecule has 33 heavy (non-hydrogen) atoms. The summed E-state index contributed by atoms with van der Waals surface area (Å²) in [5.41, 5.74) is 1.90. The van der Waals surface area contributed by atoms with Gasteiger partial charge in [-0.05, 0) is 49.9 Å². The number of rotatable bonds is 3. The summed E-state index contributed by atoms with van der Waals surface area (Å²) in [6.07, 6.45) is 9.43. The van der Waals surface area contributed by atoms with Gasteiger partial charge in [-0.25, -0.2) is 19.3 Å². The van der Waals surface area contributed by atoms with E-state index in [1.54, 1.807) is 34.6 Å². The topological polar surface area (TPSA) is 115 Å². The molecule has 2 unspecified atom stereocenters. The molecule has 2 atom stereocenters. The van der Waals surface area contributed by atoms with Gasteiger partial charge in [-0.3, -0.25) is 9.13 Å². The van der Waals surface area contributed by atoms with E-state index >= 15 is 0 Å². The van der Waals surface area contributed by atoms with Crippen molar-refractivity contribution >= 4 is 40.0 Å². The van der Waals surface area contributed by atoms with E-state index in [1.807, 2.05) is 4.57 Å². The van der Waals surface area contributed by atoms with Crippen LogP contribution in [0.1, 0.15) is 38.1 Å².